The quantitative estimate of drug-likeness (QED) is 0.434. The first-order valence-corrected chi connectivity index (χ1v) is 7.45. The number of aryl methyl sites for hydroxylation is 1. The van der Waals surface area contributed by atoms with E-state index in [1.54, 1.807) is 0 Å². The van der Waals surface area contributed by atoms with Gasteiger partial charge in [0.25, 0.3) is 0 Å². The van der Waals surface area contributed by atoms with Crippen LogP contribution in [0.2, 0.25) is 0 Å². The van der Waals surface area contributed by atoms with Crippen molar-refractivity contribution in [3.05, 3.63) is 54.4 Å². The van der Waals surface area contributed by atoms with Gasteiger partial charge in [-0.1, -0.05) is 13.3 Å². The maximum atomic E-state index is 5.69. The number of imidazole rings is 1. The molecule has 0 amide bonds. The molecule has 116 valence electrons. The molecule has 3 nitrogen and oxygen atoms in total. The molecule has 0 bridgehead atoms. The zero-order valence-electron chi connectivity index (χ0n) is 13.0. The number of ether oxygens (including phenoxy) is 1. The average Bonchev–Trinajstić information content (AvgIpc) is 2.91. The molecule has 0 saturated heterocycles. The van der Waals surface area contributed by atoms with Crippen molar-refractivity contribution in [1.29, 1.82) is 0 Å². The molecule has 2 aromatic heterocycles. The summed E-state index contributed by atoms with van der Waals surface area (Å²) < 4.78 is 7.74. The van der Waals surface area contributed by atoms with E-state index >= 15 is 0 Å². The molecule has 0 radical (unpaired) electrons. The minimum atomic E-state index is 0. The molecule has 0 atom stereocenters. The molecular weight excluding hydrogens is 387 g/mol. The zero-order chi connectivity index (χ0) is 14.7. The summed E-state index contributed by atoms with van der Waals surface area (Å²) in [5.74, 6) is 0.923. The van der Waals surface area contributed by atoms with Gasteiger partial charge < -0.3 is 9.14 Å². The van der Waals surface area contributed by atoms with Crippen LogP contribution in [0.15, 0.2) is 48.8 Å². The number of hydrogen-bond acceptors (Lipinski definition) is 2. The molecule has 0 unspecified atom stereocenters. The Morgan fingerprint density at radius 2 is 1.91 bits per heavy atom. The number of benzene rings is 1. The monoisotopic (exact) mass is 408 g/mol. The second kappa shape index (κ2) is 7.63. The van der Waals surface area contributed by atoms with E-state index in [1.165, 1.54) is 5.56 Å². The SMILES string of the molecule is CCCCOc1ccc(-c2cn3ccc(C)cc3n2)cc1.I. The lowest BCUT2D eigenvalue weighted by atomic mass is 10.2. The average molecular weight is 408 g/mol. The van der Waals surface area contributed by atoms with Crippen LogP contribution in [0.4, 0.5) is 0 Å². The molecule has 3 rings (SSSR count). The van der Waals surface area contributed by atoms with E-state index in [0.717, 1.165) is 42.1 Å². The molecule has 3 aromatic rings. The van der Waals surface area contributed by atoms with Crippen molar-refractivity contribution in [3.8, 4) is 17.0 Å². The van der Waals surface area contributed by atoms with E-state index in [2.05, 4.69) is 49.3 Å². The summed E-state index contributed by atoms with van der Waals surface area (Å²) in [5.41, 5.74) is 4.30. The van der Waals surface area contributed by atoms with Gasteiger partial charge in [-0.25, -0.2) is 4.98 Å². The number of halogens is 1. The summed E-state index contributed by atoms with van der Waals surface area (Å²) in [6.07, 6.45) is 6.34. The van der Waals surface area contributed by atoms with E-state index in [9.17, 15) is 0 Å². The zero-order valence-corrected chi connectivity index (χ0v) is 15.3. The number of hydrogen-bond donors (Lipinski definition) is 0. The molecule has 0 saturated carbocycles. The largest absolute Gasteiger partial charge is 0.494 e. The summed E-state index contributed by atoms with van der Waals surface area (Å²) in [5, 5.41) is 0. The smallest absolute Gasteiger partial charge is 0.137 e. The standard InChI is InChI=1S/C18H20N2O.HI/c1-3-4-11-21-16-7-5-15(6-8-16)17-13-20-10-9-14(2)12-18(20)19-17;/h5-10,12-13H,3-4,11H2,1-2H3;1H. The third-order valence-electron chi connectivity index (χ3n) is 3.53. The number of fused-ring (bicyclic) bond motifs is 1. The van der Waals surface area contributed by atoms with Gasteiger partial charge in [0.05, 0.1) is 12.3 Å². The Morgan fingerprint density at radius 1 is 1.14 bits per heavy atom. The van der Waals surface area contributed by atoms with Gasteiger partial charge in [0.2, 0.25) is 0 Å². The predicted molar refractivity (Wildman–Crippen MR) is 101 cm³/mol. The van der Waals surface area contributed by atoms with Crippen LogP contribution in [-0.2, 0) is 0 Å². The van der Waals surface area contributed by atoms with Gasteiger partial charge in [-0.2, -0.15) is 0 Å². The maximum Gasteiger partial charge on any atom is 0.137 e. The fourth-order valence-corrected chi connectivity index (χ4v) is 2.28. The van der Waals surface area contributed by atoms with Crippen LogP contribution in [0.1, 0.15) is 25.3 Å². The summed E-state index contributed by atoms with van der Waals surface area (Å²) in [6, 6.07) is 12.3. The number of unbranched alkanes of at least 4 members (excludes halogenated alkanes) is 1. The molecule has 2 heterocycles. The van der Waals surface area contributed by atoms with Crippen molar-refractivity contribution >= 4 is 29.6 Å². The van der Waals surface area contributed by atoms with Crippen LogP contribution in [0, 0.1) is 6.92 Å². The Labute approximate surface area is 148 Å². The molecule has 0 N–H and O–H groups in total. The van der Waals surface area contributed by atoms with Crippen LogP contribution in [0.3, 0.4) is 0 Å². The van der Waals surface area contributed by atoms with E-state index in [-0.39, 0.29) is 24.0 Å². The number of rotatable bonds is 5. The highest BCUT2D eigenvalue weighted by Crippen LogP contribution is 2.22. The number of pyridine rings is 1. The van der Waals surface area contributed by atoms with Crippen molar-refractivity contribution in [2.45, 2.75) is 26.7 Å². The van der Waals surface area contributed by atoms with Crippen LogP contribution in [0.25, 0.3) is 16.9 Å². The highest BCUT2D eigenvalue weighted by atomic mass is 127. The van der Waals surface area contributed by atoms with Gasteiger partial charge in [-0.3, -0.25) is 0 Å². The Morgan fingerprint density at radius 3 is 2.64 bits per heavy atom. The van der Waals surface area contributed by atoms with Gasteiger partial charge in [-0.05, 0) is 55.3 Å². The fraction of sp³-hybridized carbons (Fsp3) is 0.278. The van der Waals surface area contributed by atoms with Crippen molar-refractivity contribution < 1.29 is 4.74 Å². The molecule has 0 aliphatic carbocycles. The molecule has 0 fully saturated rings. The minimum absolute atomic E-state index is 0. The van der Waals surface area contributed by atoms with E-state index < -0.39 is 0 Å². The highest BCUT2D eigenvalue weighted by molar-refractivity contribution is 14.0. The van der Waals surface area contributed by atoms with Crippen LogP contribution in [-0.4, -0.2) is 16.0 Å². The molecule has 4 heteroatoms. The minimum Gasteiger partial charge on any atom is -0.494 e. The summed E-state index contributed by atoms with van der Waals surface area (Å²) >= 11 is 0. The second-order valence-electron chi connectivity index (χ2n) is 5.32. The van der Waals surface area contributed by atoms with Gasteiger partial charge in [0, 0.05) is 18.0 Å². The maximum absolute atomic E-state index is 5.69. The van der Waals surface area contributed by atoms with Crippen molar-refractivity contribution in [2.75, 3.05) is 6.61 Å². The molecule has 0 aliphatic heterocycles. The van der Waals surface area contributed by atoms with Crippen molar-refractivity contribution in [2.24, 2.45) is 0 Å². The van der Waals surface area contributed by atoms with Gasteiger partial charge >= 0.3 is 0 Å². The highest BCUT2D eigenvalue weighted by Gasteiger charge is 2.04. The van der Waals surface area contributed by atoms with Crippen molar-refractivity contribution in [1.82, 2.24) is 9.38 Å². The summed E-state index contributed by atoms with van der Waals surface area (Å²) in [6.45, 7) is 5.03. The summed E-state index contributed by atoms with van der Waals surface area (Å²) in [7, 11) is 0. The second-order valence-corrected chi connectivity index (χ2v) is 5.32. The molecule has 0 spiro atoms. The van der Waals surface area contributed by atoms with E-state index in [4.69, 9.17) is 4.74 Å². The van der Waals surface area contributed by atoms with Crippen LogP contribution < -0.4 is 4.74 Å². The number of aromatic nitrogens is 2. The Balaban J connectivity index is 0.00000176. The van der Waals surface area contributed by atoms with Crippen LogP contribution >= 0.6 is 24.0 Å². The molecule has 1 aromatic carbocycles. The first kappa shape index (κ1) is 16.8. The number of nitrogens with zero attached hydrogens (tertiary/aromatic N) is 2. The Bertz CT molecular complexity index is 734. The lowest BCUT2D eigenvalue weighted by molar-refractivity contribution is 0.309. The first-order valence-electron chi connectivity index (χ1n) is 7.45. The van der Waals surface area contributed by atoms with Crippen LogP contribution in [0.5, 0.6) is 5.75 Å². The van der Waals surface area contributed by atoms with Gasteiger partial charge in [0.1, 0.15) is 11.4 Å². The Kier molecular flexibility index (Phi) is 5.83. The third kappa shape index (κ3) is 3.80. The first-order chi connectivity index (χ1) is 10.3. The summed E-state index contributed by atoms with van der Waals surface area (Å²) in [4.78, 5) is 4.67. The predicted octanol–water partition coefficient (Wildman–Crippen LogP) is 5.11. The lowest BCUT2D eigenvalue weighted by Crippen LogP contribution is -1.95. The van der Waals surface area contributed by atoms with Gasteiger partial charge in [-0.15, -0.1) is 24.0 Å². The molecular formula is C18H21IN2O. The molecule has 22 heavy (non-hydrogen) atoms. The lowest BCUT2D eigenvalue weighted by Gasteiger charge is -2.05. The van der Waals surface area contributed by atoms with E-state index in [0.29, 0.717) is 0 Å². The Hall–Kier alpha value is -1.56. The normalized spacial score (nSPS) is 10.5. The van der Waals surface area contributed by atoms with Crippen molar-refractivity contribution in [3.63, 3.8) is 0 Å². The topological polar surface area (TPSA) is 26.5 Å². The van der Waals surface area contributed by atoms with E-state index in [1.807, 2.05) is 22.7 Å². The fourth-order valence-electron chi connectivity index (χ4n) is 2.28. The van der Waals surface area contributed by atoms with Gasteiger partial charge in [0.15, 0.2) is 0 Å². The third-order valence-corrected chi connectivity index (χ3v) is 3.53. The molecule has 0 aliphatic rings.